The number of aryl methyl sites for hydroxylation is 1. The van der Waals surface area contributed by atoms with Crippen molar-refractivity contribution in [3.63, 3.8) is 0 Å². The van der Waals surface area contributed by atoms with Crippen LogP contribution < -0.4 is 5.32 Å². The highest BCUT2D eigenvalue weighted by Gasteiger charge is 2.18. The molecule has 0 bridgehead atoms. The van der Waals surface area contributed by atoms with Gasteiger partial charge in [-0.25, -0.2) is 4.39 Å². The van der Waals surface area contributed by atoms with Gasteiger partial charge in [0.1, 0.15) is 11.6 Å². The minimum absolute atomic E-state index is 0.202. The van der Waals surface area contributed by atoms with E-state index in [9.17, 15) is 4.39 Å². The van der Waals surface area contributed by atoms with Crippen molar-refractivity contribution in [1.29, 1.82) is 0 Å². The van der Waals surface area contributed by atoms with Crippen LogP contribution in [0.2, 0.25) is 0 Å². The molecule has 0 aliphatic rings. The molecule has 0 radical (unpaired) electrons. The molecule has 0 unspecified atom stereocenters. The first-order valence-corrected chi connectivity index (χ1v) is 7.57. The van der Waals surface area contributed by atoms with E-state index in [1.54, 1.807) is 6.07 Å². The first kappa shape index (κ1) is 14.5. The van der Waals surface area contributed by atoms with Crippen LogP contribution in [0.3, 0.4) is 0 Å². The van der Waals surface area contributed by atoms with Crippen molar-refractivity contribution >= 4 is 26.9 Å². The molecule has 2 aromatic rings. The second-order valence-corrected chi connectivity index (χ2v) is 5.52. The molecule has 1 aromatic carbocycles. The highest BCUT2D eigenvalue weighted by atomic mass is 79.9. The molecule has 2 rings (SSSR count). The molecule has 1 aromatic heterocycles. The topological polar surface area (TPSA) is 25.2 Å². The summed E-state index contributed by atoms with van der Waals surface area (Å²) in [5, 5.41) is 3.95. The Labute approximate surface area is 121 Å². The van der Waals surface area contributed by atoms with E-state index in [4.69, 9.17) is 4.42 Å². The molecule has 104 valence electrons. The van der Waals surface area contributed by atoms with Gasteiger partial charge in [-0.1, -0.05) is 20.3 Å². The smallest absolute Gasteiger partial charge is 0.151 e. The summed E-state index contributed by atoms with van der Waals surface area (Å²) in [5.41, 5.74) is 1.62. The number of benzene rings is 1. The molecular weight excluding hydrogens is 309 g/mol. The van der Waals surface area contributed by atoms with Gasteiger partial charge in [0.25, 0.3) is 0 Å². The third-order valence-electron chi connectivity index (χ3n) is 3.13. The van der Waals surface area contributed by atoms with Crippen molar-refractivity contribution in [3.8, 4) is 0 Å². The minimum Gasteiger partial charge on any atom is -0.458 e. The Bertz CT molecular complexity index is 565. The highest BCUT2D eigenvalue weighted by Crippen LogP contribution is 2.34. The molecule has 0 spiro atoms. The van der Waals surface area contributed by atoms with E-state index in [2.05, 4.69) is 35.1 Å². The second kappa shape index (κ2) is 6.53. The predicted octanol–water partition coefficient (Wildman–Crippen LogP) is 4.79. The summed E-state index contributed by atoms with van der Waals surface area (Å²) in [5.74, 6) is 0.656. The van der Waals surface area contributed by atoms with Gasteiger partial charge in [-0.15, -0.1) is 0 Å². The van der Waals surface area contributed by atoms with Gasteiger partial charge in [-0.05, 0) is 47.4 Å². The minimum atomic E-state index is -0.202. The zero-order chi connectivity index (χ0) is 13.8. The highest BCUT2D eigenvalue weighted by molar-refractivity contribution is 9.10. The standard InChI is InChI=1S/C15H19BrFNO/c1-3-5-10-13(9-18-8-4-2)19-15-11(16)6-7-12(17)14(10)15/h6-7,18H,3-5,8-9H2,1-2H3. The van der Waals surface area contributed by atoms with Gasteiger partial charge in [-0.2, -0.15) is 0 Å². The van der Waals surface area contributed by atoms with Gasteiger partial charge in [-0.3, -0.25) is 0 Å². The zero-order valence-electron chi connectivity index (χ0n) is 11.4. The van der Waals surface area contributed by atoms with Gasteiger partial charge in [0.05, 0.1) is 16.4 Å². The summed E-state index contributed by atoms with van der Waals surface area (Å²) in [6, 6.07) is 3.19. The lowest BCUT2D eigenvalue weighted by Gasteiger charge is -2.03. The molecule has 4 heteroatoms. The van der Waals surface area contributed by atoms with Crippen molar-refractivity contribution < 1.29 is 8.81 Å². The Balaban J connectivity index is 2.47. The average molecular weight is 328 g/mol. The Hall–Kier alpha value is -0.870. The number of halogens is 2. The van der Waals surface area contributed by atoms with E-state index in [-0.39, 0.29) is 5.82 Å². The molecule has 0 fully saturated rings. The average Bonchev–Trinajstić information content (AvgIpc) is 2.75. The summed E-state index contributed by atoms with van der Waals surface area (Å²) in [7, 11) is 0. The number of nitrogens with one attached hydrogen (secondary N) is 1. The van der Waals surface area contributed by atoms with Crippen LogP contribution in [0.4, 0.5) is 4.39 Å². The molecule has 0 aliphatic carbocycles. The zero-order valence-corrected chi connectivity index (χ0v) is 12.9. The fourth-order valence-electron chi connectivity index (χ4n) is 2.27. The van der Waals surface area contributed by atoms with Crippen molar-refractivity contribution in [2.75, 3.05) is 6.54 Å². The van der Waals surface area contributed by atoms with Crippen LogP contribution in [-0.4, -0.2) is 6.54 Å². The Morgan fingerprint density at radius 3 is 2.74 bits per heavy atom. The first-order chi connectivity index (χ1) is 9.19. The van der Waals surface area contributed by atoms with Crippen LogP contribution in [0.15, 0.2) is 21.0 Å². The van der Waals surface area contributed by atoms with Crippen LogP contribution in [-0.2, 0) is 13.0 Å². The number of fused-ring (bicyclic) bond motifs is 1. The SMILES string of the molecule is CCCNCc1oc2c(Br)ccc(F)c2c1CCC. The summed E-state index contributed by atoms with van der Waals surface area (Å²) < 4.78 is 20.7. The summed E-state index contributed by atoms with van der Waals surface area (Å²) in [6.07, 6.45) is 2.88. The molecule has 19 heavy (non-hydrogen) atoms. The van der Waals surface area contributed by atoms with E-state index >= 15 is 0 Å². The van der Waals surface area contributed by atoms with Gasteiger partial charge in [0.2, 0.25) is 0 Å². The maximum absolute atomic E-state index is 14.1. The van der Waals surface area contributed by atoms with Gasteiger partial charge >= 0.3 is 0 Å². The maximum atomic E-state index is 14.1. The van der Waals surface area contributed by atoms with Crippen molar-refractivity contribution in [3.05, 3.63) is 33.7 Å². The van der Waals surface area contributed by atoms with Gasteiger partial charge < -0.3 is 9.73 Å². The van der Waals surface area contributed by atoms with Gasteiger partial charge in [0.15, 0.2) is 5.58 Å². The number of hydrogen-bond acceptors (Lipinski definition) is 2. The Morgan fingerprint density at radius 1 is 1.26 bits per heavy atom. The predicted molar refractivity (Wildman–Crippen MR) is 79.9 cm³/mol. The molecule has 0 aliphatic heterocycles. The van der Waals surface area contributed by atoms with E-state index < -0.39 is 0 Å². The molecule has 0 atom stereocenters. The molecular formula is C15H19BrFNO. The molecule has 0 saturated heterocycles. The number of hydrogen-bond donors (Lipinski definition) is 1. The van der Waals surface area contributed by atoms with E-state index in [1.165, 1.54) is 6.07 Å². The van der Waals surface area contributed by atoms with Crippen LogP contribution in [0.5, 0.6) is 0 Å². The molecule has 2 nitrogen and oxygen atoms in total. The van der Waals surface area contributed by atoms with Crippen molar-refractivity contribution in [2.45, 2.75) is 39.7 Å². The normalized spacial score (nSPS) is 11.4. The van der Waals surface area contributed by atoms with Crippen LogP contribution in [0, 0.1) is 5.82 Å². The first-order valence-electron chi connectivity index (χ1n) is 6.78. The molecule has 1 heterocycles. The number of rotatable bonds is 6. The third-order valence-corrected chi connectivity index (χ3v) is 3.76. The fourth-order valence-corrected chi connectivity index (χ4v) is 2.69. The maximum Gasteiger partial charge on any atom is 0.151 e. The molecule has 0 amide bonds. The summed E-state index contributed by atoms with van der Waals surface area (Å²) in [6.45, 7) is 5.81. The quantitative estimate of drug-likeness (QED) is 0.772. The van der Waals surface area contributed by atoms with Crippen LogP contribution in [0.25, 0.3) is 11.0 Å². The van der Waals surface area contributed by atoms with Crippen molar-refractivity contribution in [2.24, 2.45) is 0 Å². The van der Waals surface area contributed by atoms with Gasteiger partial charge in [0, 0.05) is 5.56 Å². The lowest BCUT2D eigenvalue weighted by molar-refractivity contribution is 0.505. The molecule has 1 N–H and O–H groups in total. The van der Waals surface area contributed by atoms with E-state index in [0.29, 0.717) is 17.5 Å². The lowest BCUT2D eigenvalue weighted by atomic mass is 10.1. The molecule has 0 saturated carbocycles. The monoisotopic (exact) mass is 327 g/mol. The van der Waals surface area contributed by atoms with Crippen molar-refractivity contribution in [1.82, 2.24) is 5.32 Å². The lowest BCUT2D eigenvalue weighted by Crippen LogP contribution is -2.14. The second-order valence-electron chi connectivity index (χ2n) is 4.66. The van der Waals surface area contributed by atoms with Crippen LogP contribution in [0.1, 0.15) is 38.0 Å². The van der Waals surface area contributed by atoms with E-state index in [1.807, 2.05) is 0 Å². The Morgan fingerprint density at radius 2 is 2.05 bits per heavy atom. The Kier molecular flexibility index (Phi) is 4.99. The van der Waals surface area contributed by atoms with Crippen LogP contribution >= 0.6 is 15.9 Å². The summed E-state index contributed by atoms with van der Waals surface area (Å²) in [4.78, 5) is 0. The summed E-state index contributed by atoms with van der Waals surface area (Å²) >= 11 is 3.43. The van der Waals surface area contributed by atoms with E-state index in [0.717, 1.165) is 41.6 Å². The third kappa shape index (κ3) is 3.00. The largest absolute Gasteiger partial charge is 0.458 e. The fraction of sp³-hybridized carbons (Fsp3) is 0.467. The number of furan rings is 1.